The van der Waals surface area contributed by atoms with E-state index in [0.717, 1.165) is 0 Å². The Hall–Kier alpha value is -2.86. The fourth-order valence-corrected chi connectivity index (χ4v) is 6.30. The molecule has 2 amide bonds. The van der Waals surface area contributed by atoms with Crippen LogP contribution in [0.25, 0.3) is 0 Å². The summed E-state index contributed by atoms with van der Waals surface area (Å²) in [5.41, 5.74) is 6.88. The predicted molar refractivity (Wildman–Crippen MR) is 156 cm³/mol. The molecule has 40 heavy (non-hydrogen) atoms. The second-order valence-corrected chi connectivity index (χ2v) is 12.5. The molecule has 5 N–H and O–H groups in total. The number of nitrogens with two attached hydrogens (primary N) is 1. The number of anilines is 1. The SMILES string of the molecule is COC(=O)N[C@@H](Cc1ccccc1Cl)C(=O)N[C@@H](C)CCC[C@@H](CO)N(CC(C)C)S(=O)(=O)c1ccc(N)cc1. The second kappa shape index (κ2) is 15.8. The van der Waals surface area contributed by atoms with Crippen molar-refractivity contribution in [3.05, 3.63) is 59.1 Å². The van der Waals surface area contributed by atoms with E-state index in [2.05, 4.69) is 15.4 Å². The van der Waals surface area contributed by atoms with Gasteiger partial charge in [-0.15, -0.1) is 0 Å². The molecule has 3 atom stereocenters. The van der Waals surface area contributed by atoms with E-state index in [-0.39, 0.29) is 36.4 Å². The maximum Gasteiger partial charge on any atom is 0.407 e. The number of aliphatic hydroxyl groups excluding tert-OH is 1. The topological polar surface area (TPSA) is 151 Å². The van der Waals surface area contributed by atoms with E-state index in [9.17, 15) is 23.1 Å². The van der Waals surface area contributed by atoms with Crippen molar-refractivity contribution in [2.75, 3.05) is 26.0 Å². The van der Waals surface area contributed by atoms with Gasteiger partial charge in [-0.1, -0.05) is 43.6 Å². The summed E-state index contributed by atoms with van der Waals surface area (Å²) in [6.45, 7) is 5.56. The lowest BCUT2D eigenvalue weighted by Gasteiger charge is -2.31. The van der Waals surface area contributed by atoms with Crippen LogP contribution in [0.4, 0.5) is 10.5 Å². The van der Waals surface area contributed by atoms with Crippen LogP contribution in [-0.2, 0) is 26.0 Å². The first kappa shape index (κ1) is 33.3. The van der Waals surface area contributed by atoms with E-state index in [0.29, 0.717) is 35.5 Å². The summed E-state index contributed by atoms with van der Waals surface area (Å²) < 4.78 is 32.9. The van der Waals surface area contributed by atoms with Gasteiger partial charge in [0.1, 0.15) is 6.04 Å². The number of hydrogen-bond donors (Lipinski definition) is 4. The number of hydrogen-bond acceptors (Lipinski definition) is 7. The monoisotopic (exact) mass is 596 g/mol. The molecule has 0 radical (unpaired) electrons. The van der Waals surface area contributed by atoms with E-state index < -0.39 is 34.1 Å². The minimum absolute atomic E-state index is 0.0354. The number of carbonyl (C=O) groups is 2. The highest BCUT2D eigenvalue weighted by molar-refractivity contribution is 7.89. The molecule has 0 spiro atoms. The largest absolute Gasteiger partial charge is 0.453 e. The summed E-state index contributed by atoms with van der Waals surface area (Å²) in [4.78, 5) is 25.0. The van der Waals surface area contributed by atoms with Crippen LogP contribution in [0.1, 0.15) is 45.6 Å². The number of nitrogen functional groups attached to an aromatic ring is 1. The highest BCUT2D eigenvalue weighted by atomic mass is 35.5. The average molecular weight is 597 g/mol. The van der Waals surface area contributed by atoms with Crippen LogP contribution in [-0.4, -0.2) is 68.2 Å². The first-order valence-electron chi connectivity index (χ1n) is 13.3. The molecule has 2 aromatic rings. The standard InChI is InChI=1S/C28H41ClN4O6S/c1-19(2)17-33(40(37,38)24-14-12-22(30)13-15-24)23(18-34)10-7-8-20(3)31-27(35)26(32-28(36)39-4)16-21-9-5-6-11-25(21)29/h5-6,9,11-15,19-20,23,26,34H,7-8,10,16-18,30H2,1-4H3,(H,31,35)(H,32,36)/t20-,23-,26-/m0/s1. The number of rotatable bonds is 15. The normalized spacial score (nSPS) is 14.0. The summed E-state index contributed by atoms with van der Waals surface area (Å²) in [5, 5.41) is 16.1. The van der Waals surface area contributed by atoms with E-state index in [1.165, 1.54) is 35.7 Å². The van der Waals surface area contributed by atoms with Gasteiger partial charge >= 0.3 is 6.09 Å². The number of methoxy groups -OCH3 is 1. The van der Waals surface area contributed by atoms with Crippen molar-refractivity contribution < 1.29 is 27.9 Å². The molecular weight excluding hydrogens is 556 g/mol. The van der Waals surface area contributed by atoms with Crippen LogP contribution in [0.2, 0.25) is 5.02 Å². The van der Waals surface area contributed by atoms with E-state index in [1.807, 2.05) is 20.8 Å². The summed E-state index contributed by atoms with van der Waals surface area (Å²) in [7, 11) is -2.65. The summed E-state index contributed by atoms with van der Waals surface area (Å²) in [6.07, 6.45) is 0.890. The Bertz CT molecular complexity index is 1210. The van der Waals surface area contributed by atoms with Crippen molar-refractivity contribution in [1.82, 2.24) is 14.9 Å². The third kappa shape index (κ3) is 9.96. The van der Waals surface area contributed by atoms with Crippen LogP contribution < -0.4 is 16.4 Å². The molecule has 2 aromatic carbocycles. The zero-order valence-electron chi connectivity index (χ0n) is 23.5. The molecule has 0 aliphatic heterocycles. The fraction of sp³-hybridized carbons (Fsp3) is 0.500. The van der Waals surface area contributed by atoms with Crippen molar-refractivity contribution in [3.8, 4) is 0 Å². The first-order chi connectivity index (χ1) is 18.9. The van der Waals surface area contributed by atoms with Crippen LogP contribution in [0.5, 0.6) is 0 Å². The van der Waals surface area contributed by atoms with Gasteiger partial charge in [-0.3, -0.25) is 4.79 Å². The van der Waals surface area contributed by atoms with Gasteiger partial charge in [-0.25, -0.2) is 13.2 Å². The molecule has 0 aliphatic rings. The Kier molecular flexibility index (Phi) is 13.2. The first-order valence-corrected chi connectivity index (χ1v) is 15.1. The van der Waals surface area contributed by atoms with Gasteiger partial charge in [0, 0.05) is 35.8 Å². The lowest BCUT2D eigenvalue weighted by molar-refractivity contribution is -0.123. The third-order valence-corrected chi connectivity index (χ3v) is 8.69. The molecule has 0 aromatic heterocycles. The minimum atomic E-state index is -3.87. The highest BCUT2D eigenvalue weighted by Crippen LogP contribution is 2.24. The Balaban J connectivity index is 2.05. The van der Waals surface area contributed by atoms with Crippen molar-refractivity contribution in [2.45, 2.75) is 69.5 Å². The van der Waals surface area contributed by atoms with Crippen molar-refractivity contribution in [2.24, 2.45) is 5.92 Å². The molecule has 0 unspecified atom stereocenters. The number of halogens is 1. The van der Waals surface area contributed by atoms with E-state index >= 15 is 0 Å². The number of nitrogens with one attached hydrogen (secondary N) is 2. The predicted octanol–water partition coefficient (Wildman–Crippen LogP) is 3.57. The zero-order chi connectivity index (χ0) is 29.9. The van der Waals surface area contributed by atoms with Gasteiger partial charge in [0.2, 0.25) is 15.9 Å². The van der Waals surface area contributed by atoms with Gasteiger partial charge < -0.3 is 26.2 Å². The summed E-state index contributed by atoms with van der Waals surface area (Å²) in [6, 6.07) is 11.2. The van der Waals surface area contributed by atoms with Gasteiger partial charge in [-0.05, 0) is 68.0 Å². The number of benzene rings is 2. The van der Waals surface area contributed by atoms with Crippen molar-refractivity contribution >= 4 is 39.3 Å². The van der Waals surface area contributed by atoms with Crippen LogP contribution in [0.15, 0.2) is 53.4 Å². The highest BCUT2D eigenvalue weighted by Gasteiger charge is 2.32. The molecular formula is C28H41ClN4O6S. The molecule has 0 heterocycles. The minimum Gasteiger partial charge on any atom is -0.453 e. The number of amides is 2. The second-order valence-electron chi connectivity index (χ2n) is 10.2. The number of nitrogens with zero attached hydrogens (tertiary/aromatic N) is 1. The van der Waals surface area contributed by atoms with Gasteiger partial charge in [0.15, 0.2) is 0 Å². The molecule has 0 bridgehead atoms. The van der Waals surface area contributed by atoms with Crippen LogP contribution in [0.3, 0.4) is 0 Å². The lowest BCUT2D eigenvalue weighted by atomic mass is 10.0. The molecule has 10 nitrogen and oxygen atoms in total. The molecule has 0 fully saturated rings. The molecule has 12 heteroatoms. The van der Waals surface area contributed by atoms with E-state index in [4.69, 9.17) is 17.3 Å². The molecule has 0 saturated heterocycles. The van der Waals surface area contributed by atoms with Crippen molar-refractivity contribution in [3.63, 3.8) is 0 Å². The fourth-order valence-electron chi connectivity index (χ4n) is 4.27. The van der Waals surface area contributed by atoms with Gasteiger partial charge in [0.05, 0.1) is 18.6 Å². The maximum atomic E-state index is 13.4. The van der Waals surface area contributed by atoms with Gasteiger partial charge in [-0.2, -0.15) is 4.31 Å². The average Bonchev–Trinajstić information content (AvgIpc) is 2.90. The smallest absolute Gasteiger partial charge is 0.407 e. The summed E-state index contributed by atoms with van der Waals surface area (Å²) in [5.74, 6) is -0.364. The number of aliphatic hydroxyl groups is 1. The lowest BCUT2D eigenvalue weighted by Crippen LogP contribution is -2.50. The van der Waals surface area contributed by atoms with Gasteiger partial charge in [0.25, 0.3) is 0 Å². The number of ether oxygens (including phenoxy) is 1. The van der Waals surface area contributed by atoms with Crippen molar-refractivity contribution in [1.29, 1.82) is 0 Å². The third-order valence-electron chi connectivity index (χ3n) is 6.39. The molecule has 0 saturated carbocycles. The Morgan fingerprint density at radius 2 is 1.70 bits per heavy atom. The quantitative estimate of drug-likeness (QED) is 0.229. The zero-order valence-corrected chi connectivity index (χ0v) is 25.0. The Morgan fingerprint density at radius 1 is 1.05 bits per heavy atom. The van der Waals surface area contributed by atoms with Crippen LogP contribution >= 0.6 is 11.6 Å². The van der Waals surface area contributed by atoms with E-state index in [1.54, 1.807) is 24.3 Å². The molecule has 222 valence electrons. The maximum absolute atomic E-state index is 13.4. The number of alkyl carbamates (subject to hydrolysis) is 1. The number of carbonyl (C=O) groups excluding carboxylic acids is 2. The van der Waals surface area contributed by atoms with Crippen LogP contribution in [0, 0.1) is 5.92 Å². The molecule has 0 aliphatic carbocycles. The molecule has 2 rings (SSSR count). The number of sulfonamides is 1. The Morgan fingerprint density at radius 3 is 2.27 bits per heavy atom. The summed E-state index contributed by atoms with van der Waals surface area (Å²) >= 11 is 6.25. The Labute approximate surface area is 242 Å².